The second-order valence-electron chi connectivity index (χ2n) is 5.70. The first-order valence-electron chi connectivity index (χ1n) is 7.96. The summed E-state index contributed by atoms with van der Waals surface area (Å²) in [6.07, 6.45) is -4.38. The molecular weight excluding hydrogens is 357 g/mol. The number of para-hydroxylation sites is 1. The zero-order valence-electron chi connectivity index (χ0n) is 14.2. The normalized spacial score (nSPS) is 11.1. The summed E-state index contributed by atoms with van der Waals surface area (Å²) in [5.74, 6) is -0.0107. The highest BCUT2D eigenvalue weighted by atomic mass is 19.4. The Morgan fingerprint density at radius 1 is 0.926 bits per heavy atom. The molecule has 2 aromatic carbocycles. The minimum absolute atomic E-state index is 0.152. The molecule has 0 aliphatic heterocycles. The minimum atomic E-state index is -4.38. The Kier molecular flexibility index (Phi) is 5.07. The number of aromatic nitrogens is 2. The van der Waals surface area contributed by atoms with Gasteiger partial charge in [-0.1, -0.05) is 18.2 Å². The van der Waals surface area contributed by atoms with Gasteiger partial charge in [0, 0.05) is 18.4 Å². The van der Waals surface area contributed by atoms with Gasteiger partial charge in [-0.3, -0.25) is 4.79 Å². The van der Waals surface area contributed by atoms with Gasteiger partial charge in [0.25, 0.3) is 5.91 Å². The Morgan fingerprint density at radius 3 is 2.15 bits per heavy atom. The van der Waals surface area contributed by atoms with Crippen LogP contribution in [0.25, 0.3) is 0 Å². The lowest BCUT2D eigenvalue weighted by Crippen LogP contribution is -2.27. The summed E-state index contributed by atoms with van der Waals surface area (Å²) in [6.45, 7) is 0. The molecule has 5 nitrogen and oxygen atoms in total. The lowest BCUT2D eigenvalue weighted by Gasteiger charge is -2.16. The third-order valence-corrected chi connectivity index (χ3v) is 3.82. The number of nitrogens with zero attached hydrogens (tertiary/aromatic N) is 3. The molecule has 8 heteroatoms. The molecule has 0 fully saturated rings. The summed E-state index contributed by atoms with van der Waals surface area (Å²) < 4.78 is 37.7. The molecule has 1 N–H and O–H groups in total. The number of halogens is 3. The fourth-order valence-corrected chi connectivity index (χ4v) is 2.34. The van der Waals surface area contributed by atoms with Crippen LogP contribution in [0.5, 0.6) is 0 Å². The molecule has 1 aromatic heterocycles. The van der Waals surface area contributed by atoms with Gasteiger partial charge in [0.15, 0.2) is 11.5 Å². The van der Waals surface area contributed by atoms with E-state index in [-0.39, 0.29) is 11.6 Å². The van der Waals surface area contributed by atoms with Crippen LogP contribution in [-0.2, 0) is 6.18 Å². The lowest BCUT2D eigenvalue weighted by atomic mass is 10.2. The number of nitrogens with one attached hydrogen (secondary N) is 1. The number of alkyl halides is 3. The smallest absolute Gasteiger partial charge is 0.339 e. The van der Waals surface area contributed by atoms with E-state index in [1.54, 1.807) is 19.2 Å². The van der Waals surface area contributed by atoms with Gasteiger partial charge < -0.3 is 10.2 Å². The summed E-state index contributed by atoms with van der Waals surface area (Å²) >= 11 is 0. The van der Waals surface area contributed by atoms with Crippen molar-refractivity contribution in [2.24, 2.45) is 0 Å². The first-order valence-corrected chi connectivity index (χ1v) is 7.96. The van der Waals surface area contributed by atoms with Gasteiger partial charge in [-0.15, -0.1) is 10.2 Å². The third kappa shape index (κ3) is 4.41. The Bertz CT molecular complexity index is 910. The predicted octanol–water partition coefficient (Wildman–Crippen LogP) is 4.52. The van der Waals surface area contributed by atoms with Crippen molar-refractivity contribution in [3.63, 3.8) is 0 Å². The monoisotopic (exact) mass is 372 g/mol. The maximum Gasteiger partial charge on any atom is 0.416 e. The molecule has 0 aliphatic carbocycles. The van der Waals surface area contributed by atoms with Crippen LogP contribution in [0, 0.1) is 0 Å². The van der Waals surface area contributed by atoms with Gasteiger partial charge in [-0.2, -0.15) is 13.2 Å². The third-order valence-electron chi connectivity index (χ3n) is 3.82. The summed E-state index contributed by atoms with van der Waals surface area (Å²) in [7, 11) is 1.63. The molecule has 1 amide bonds. The van der Waals surface area contributed by atoms with Crippen molar-refractivity contribution in [2.45, 2.75) is 6.18 Å². The summed E-state index contributed by atoms with van der Waals surface area (Å²) in [6, 6.07) is 16.7. The number of rotatable bonds is 4. The molecule has 0 atom stereocenters. The molecule has 0 aliphatic rings. The van der Waals surface area contributed by atoms with E-state index in [1.165, 1.54) is 29.2 Å². The van der Waals surface area contributed by atoms with Crippen LogP contribution < -0.4 is 10.2 Å². The van der Waals surface area contributed by atoms with E-state index >= 15 is 0 Å². The zero-order valence-corrected chi connectivity index (χ0v) is 14.2. The molecule has 0 saturated heterocycles. The standard InChI is InChI=1S/C19H15F3N4O/c1-26(15-5-3-2-4-6-15)18(27)16-11-12-17(25-24-16)23-14-9-7-13(8-10-14)19(20,21)22/h2-12H,1H3,(H,23,25). The highest BCUT2D eigenvalue weighted by Crippen LogP contribution is 2.30. The first-order chi connectivity index (χ1) is 12.8. The van der Waals surface area contributed by atoms with Gasteiger partial charge in [-0.05, 0) is 48.5 Å². The highest BCUT2D eigenvalue weighted by molar-refractivity contribution is 6.04. The molecule has 0 spiro atoms. The van der Waals surface area contributed by atoms with Crippen LogP contribution in [0.1, 0.15) is 16.1 Å². The lowest BCUT2D eigenvalue weighted by molar-refractivity contribution is -0.137. The molecule has 27 heavy (non-hydrogen) atoms. The second kappa shape index (κ2) is 7.45. The molecule has 0 bridgehead atoms. The number of carbonyl (C=O) groups excluding carboxylic acids is 1. The van der Waals surface area contributed by atoms with E-state index in [0.29, 0.717) is 11.5 Å². The van der Waals surface area contributed by atoms with Gasteiger partial charge in [0.1, 0.15) is 0 Å². The fraction of sp³-hybridized carbons (Fsp3) is 0.105. The molecular formula is C19H15F3N4O. The van der Waals surface area contributed by atoms with Crippen LogP contribution >= 0.6 is 0 Å². The predicted molar refractivity (Wildman–Crippen MR) is 95.9 cm³/mol. The average molecular weight is 372 g/mol. The van der Waals surface area contributed by atoms with Crippen LogP contribution in [-0.4, -0.2) is 23.2 Å². The van der Waals surface area contributed by atoms with Crippen molar-refractivity contribution in [1.29, 1.82) is 0 Å². The van der Waals surface area contributed by atoms with E-state index < -0.39 is 11.7 Å². The van der Waals surface area contributed by atoms with E-state index in [9.17, 15) is 18.0 Å². The number of hydrogen-bond donors (Lipinski definition) is 1. The summed E-state index contributed by atoms with van der Waals surface area (Å²) in [5, 5.41) is 10.6. The number of anilines is 3. The van der Waals surface area contributed by atoms with Crippen molar-refractivity contribution in [1.82, 2.24) is 10.2 Å². The molecule has 3 rings (SSSR count). The van der Waals surface area contributed by atoms with Crippen molar-refractivity contribution >= 4 is 23.1 Å². The number of carbonyl (C=O) groups is 1. The van der Waals surface area contributed by atoms with Gasteiger partial charge in [0.2, 0.25) is 0 Å². The molecule has 0 radical (unpaired) electrons. The van der Waals surface area contributed by atoms with Crippen molar-refractivity contribution in [2.75, 3.05) is 17.3 Å². The van der Waals surface area contributed by atoms with E-state index in [2.05, 4.69) is 15.5 Å². The van der Waals surface area contributed by atoms with Gasteiger partial charge in [-0.25, -0.2) is 0 Å². The molecule has 1 heterocycles. The van der Waals surface area contributed by atoms with E-state index in [4.69, 9.17) is 0 Å². The Labute approximate surface area is 153 Å². The molecule has 3 aromatic rings. The van der Waals surface area contributed by atoms with Crippen molar-refractivity contribution in [3.05, 3.63) is 78.0 Å². The van der Waals surface area contributed by atoms with E-state index in [0.717, 1.165) is 17.8 Å². The van der Waals surface area contributed by atoms with Crippen molar-refractivity contribution < 1.29 is 18.0 Å². The van der Waals surface area contributed by atoms with Gasteiger partial charge >= 0.3 is 6.18 Å². The first kappa shape index (κ1) is 18.4. The largest absolute Gasteiger partial charge is 0.416 e. The van der Waals surface area contributed by atoms with Crippen LogP contribution in [0.3, 0.4) is 0 Å². The number of hydrogen-bond acceptors (Lipinski definition) is 4. The van der Waals surface area contributed by atoms with Gasteiger partial charge in [0.05, 0.1) is 5.56 Å². The topological polar surface area (TPSA) is 58.1 Å². The summed E-state index contributed by atoms with van der Waals surface area (Å²) in [4.78, 5) is 13.9. The Hall–Kier alpha value is -3.42. The van der Waals surface area contributed by atoms with E-state index in [1.807, 2.05) is 18.2 Å². The quantitative estimate of drug-likeness (QED) is 0.732. The maximum absolute atomic E-state index is 12.6. The molecule has 0 saturated carbocycles. The van der Waals surface area contributed by atoms with Crippen molar-refractivity contribution in [3.8, 4) is 0 Å². The molecule has 138 valence electrons. The summed E-state index contributed by atoms with van der Waals surface area (Å²) in [5.41, 5.74) is 0.567. The Morgan fingerprint density at radius 2 is 1.59 bits per heavy atom. The zero-order chi connectivity index (χ0) is 19.4. The SMILES string of the molecule is CN(C(=O)c1ccc(Nc2ccc(C(F)(F)F)cc2)nn1)c1ccccc1. The average Bonchev–Trinajstić information content (AvgIpc) is 2.68. The number of benzene rings is 2. The maximum atomic E-state index is 12.6. The molecule has 0 unspecified atom stereocenters. The van der Waals surface area contributed by atoms with Crippen LogP contribution in [0.2, 0.25) is 0 Å². The fourth-order valence-electron chi connectivity index (χ4n) is 2.34. The Balaban J connectivity index is 1.69. The minimum Gasteiger partial charge on any atom is -0.339 e. The van der Waals surface area contributed by atoms with Crippen LogP contribution in [0.4, 0.5) is 30.4 Å². The van der Waals surface area contributed by atoms with Crippen LogP contribution in [0.15, 0.2) is 66.7 Å². The second-order valence-corrected chi connectivity index (χ2v) is 5.70. The highest BCUT2D eigenvalue weighted by Gasteiger charge is 2.29. The number of amides is 1.